The van der Waals surface area contributed by atoms with Crippen LogP contribution in [-0.4, -0.2) is 38.7 Å². The number of hydrogen-bond donors (Lipinski definition) is 2. The van der Waals surface area contributed by atoms with E-state index < -0.39 is 11.9 Å². The predicted molar refractivity (Wildman–Crippen MR) is 96.2 cm³/mol. The highest BCUT2D eigenvalue weighted by molar-refractivity contribution is 6.30. The molecule has 2 rings (SSSR count). The zero-order valence-electron chi connectivity index (χ0n) is 13.8. The number of benzene rings is 2. The molecule has 0 radical (unpaired) electrons. The molecular weight excluding hydrogens is 344 g/mol. The Labute approximate surface area is 151 Å². The smallest absolute Gasteiger partial charge is 0.340 e. The minimum atomic E-state index is -0.558. The van der Waals surface area contributed by atoms with E-state index in [0.717, 1.165) is 0 Å². The molecule has 0 saturated heterocycles. The third-order valence-electron chi connectivity index (χ3n) is 3.26. The fourth-order valence-electron chi connectivity index (χ4n) is 2.03. The summed E-state index contributed by atoms with van der Waals surface area (Å²) in [6, 6.07) is 13.8. The first-order chi connectivity index (χ1) is 12.1. The maximum atomic E-state index is 12.0. The van der Waals surface area contributed by atoms with E-state index in [4.69, 9.17) is 21.1 Å². The van der Waals surface area contributed by atoms with E-state index in [1.165, 1.54) is 0 Å². The van der Waals surface area contributed by atoms with E-state index in [0.29, 0.717) is 35.2 Å². The van der Waals surface area contributed by atoms with Gasteiger partial charge in [-0.3, -0.25) is 4.79 Å². The summed E-state index contributed by atoms with van der Waals surface area (Å²) < 4.78 is 10.5. The maximum absolute atomic E-state index is 12.0. The summed E-state index contributed by atoms with van der Waals surface area (Å²) in [5.74, 6) is -0.291. The van der Waals surface area contributed by atoms with Gasteiger partial charge in [-0.25, -0.2) is 4.79 Å². The summed E-state index contributed by atoms with van der Waals surface area (Å²) in [6.07, 6.45) is 0. The van der Waals surface area contributed by atoms with Crippen molar-refractivity contribution in [2.24, 2.45) is 0 Å². The molecule has 0 heterocycles. The van der Waals surface area contributed by atoms with Gasteiger partial charge in [-0.1, -0.05) is 23.7 Å². The van der Waals surface area contributed by atoms with Crippen molar-refractivity contribution in [1.29, 1.82) is 0 Å². The number of carbonyl (C=O) groups excluding carboxylic acids is 2. The Hall–Kier alpha value is -2.73. The Morgan fingerprint density at radius 3 is 2.52 bits per heavy atom. The molecule has 0 saturated carbocycles. The molecule has 0 spiro atoms. The van der Waals surface area contributed by atoms with E-state index in [1.54, 1.807) is 55.6 Å². The molecule has 0 aliphatic rings. The van der Waals surface area contributed by atoms with E-state index in [-0.39, 0.29) is 6.61 Å². The fourth-order valence-corrected chi connectivity index (χ4v) is 2.16. The molecule has 2 aromatic rings. The highest BCUT2D eigenvalue weighted by atomic mass is 35.5. The van der Waals surface area contributed by atoms with E-state index in [9.17, 15) is 9.59 Å². The second-order valence-corrected chi connectivity index (χ2v) is 5.46. The highest BCUT2D eigenvalue weighted by Crippen LogP contribution is 2.16. The molecule has 0 bridgehead atoms. The van der Waals surface area contributed by atoms with Crippen LogP contribution in [0.1, 0.15) is 10.4 Å². The van der Waals surface area contributed by atoms with Gasteiger partial charge in [0, 0.05) is 17.8 Å². The molecule has 0 aromatic heterocycles. The van der Waals surface area contributed by atoms with E-state index in [2.05, 4.69) is 10.6 Å². The lowest BCUT2D eigenvalue weighted by molar-refractivity contribution is -0.124. The molecule has 0 aliphatic carbocycles. The van der Waals surface area contributed by atoms with Gasteiger partial charge in [0.05, 0.1) is 12.1 Å². The summed E-state index contributed by atoms with van der Waals surface area (Å²) in [7, 11) is 1.71. The second-order valence-electron chi connectivity index (χ2n) is 5.02. The Kier molecular flexibility index (Phi) is 7.10. The zero-order chi connectivity index (χ0) is 18.1. The number of para-hydroxylation sites is 1. The first kappa shape index (κ1) is 18.6. The first-order valence-corrected chi connectivity index (χ1v) is 8.07. The third kappa shape index (κ3) is 6.00. The Morgan fingerprint density at radius 1 is 1.08 bits per heavy atom. The molecular formula is C18H19ClN2O4. The lowest BCUT2D eigenvalue weighted by atomic mass is 10.2. The summed E-state index contributed by atoms with van der Waals surface area (Å²) in [5, 5.41) is 6.14. The second kappa shape index (κ2) is 9.54. The van der Waals surface area contributed by atoms with Crippen LogP contribution in [0, 0.1) is 0 Å². The lowest BCUT2D eigenvalue weighted by Crippen LogP contribution is -2.32. The van der Waals surface area contributed by atoms with Crippen LogP contribution in [0.25, 0.3) is 0 Å². The molecule has 1 amide bonds. The quantitative estimate of drug-likeness (QED) is 0.557. The van der Waals surface area contributed by atoms with Crippen LogP contribution >= 0.6 is 11.6 Å². The van der Waals surface area contributed by atoms with Crippen molar-refractivity contribution >= 4 is 29.2 Å². The van der Waals surface area contributed by atoms with Crippen molar-refractivity contribution in [3.8, 4) is 5.75 Å². The van der Waals surface area contributed by atoms with Gasteiger partial charge in [0.1, 0.15) is 12.4 Å². The van der Waals surface area contributed by atoms with Gasteiger partial charge in [0.2, 0.25) is 0 Å². The minimum Gasteiger partial charge on any atom is -0.492 e. The number of nitrogens with one attached hydrogen (secondary N) is 2. The molecule has 0 unspecified atom stereocenters. The number of halogens is 1. The molecule has 7 heteroatoms. The van der Waals surface area contributed by atoms with Gasteiger partial charge in [0.15, 0.2) is 6.61 Å². The summed E-state index contributed by atoms with van der Waals surface area (Å²) in [6.45, 7) is 0.244. The van der Waals surface area contributed by atoms with Crippen molar-refractivity contribution in [2.45, 2.75) is 0 Å². The van der Waals surface area contributed by atoms with Crippen molar-refractivity contribution in [2.75, 3.05) is 32.1 Å². The van der Waals surface area contributed by atoms with Crippen LogP contribution in [0.5, 0.6) is 5.75 Å². The number of amides is 1. The van der Waals surface area contributed by atoms with Crippen LogP contribution in [-0.2, 0) is 9.53 Å². The zero-order valence-corrected chi connectivity index (χ0v) is 14.5. The summed E-state index contributed by atoms with van der Waals surface area (Å²) in [5.41, 5.74) is 1.02. The molecule has 2 aromatic carbocycles. The fraction of sp³-hybridized carbons (Fsp3) is 0.222. The Balaban J connectivity index is 1.68. The van der Waals surface area contributed by atoms with E-state index >= 15 is 0 Å². The summed E-state index contributed by atoms with van der Waals surface area (Å²) in [4.78, 5) is 23.7. The normalized spacial score (nSPS) is 10.0. The van der Waals surface area contributed by atoms with Crippen LogP contribution in [0.2, 0.25) is 5.02 Å². The maximum Gasteiger partial charge on any atom is 0.340 e. The topological polar surface area (TPSA) is 76.7 Å². The van der Waals surface area contributed by atoms with Gasteiger partial charge in [-0.05, 0) is 36.4 Å². The monoisotopic (exact) mass is 362 g/mol. The highest BCUT2D eigenvalue weighted by Gasteiger charge is 2.13. The largest absolute Gasteiger partial charge is 0.492 e. The van der Waals surface area contributed by atoms with Crippen molar-refractivity contribution < 1.29 is 19.1 Å². The van der Waals surface area contributed by atoms with Crippen molar-refractivity contribution in [3.63, 3.8) is 0 Å². The molecule has 2 N–H and O–H groups in total. The average Bonchev–Trinajstić information content (AvgIpc) is 2.64. The Bertz CT molecular complexity index is 719. The number of carbonyl (C=O) groups is 2. The SMILES string of the molecule is CNc1ccccc1C(=O)OCC(=O)NCCOc1ccc(Cl)cc1. The molecule has 6 nitrogen and oxygen atoms in total. The standard InChI is InChI=1S/C18H19ClN2O4/c1-20-16-5-3-2-4-15(16)18(23)25-12-17(22)21-10-11-24-14-8-6-13(19)7-9-14/h2-9,20H,10-12H2,1H3,(H,21,22). The number of anilines is 1. The van der Waals surface area contributed by atoms with Crippen LogP contribution in [0.3, 0.4) is 0 Å². The minimum absolute atomic E-state index is 0.296. The Morgan fingerprint density at radius 2 is 1.80 bits per heavy atom. The van der Waals surface area contributed by atoms with Crippen LogP contribution in [0.15, 0.2) is 48.5 Å². The van der Waals surface area contributed by atoms with Crippen molar-refractivity contribution in [1.82, 2.24) is 5.32 Å². The van der Waals surface area contributed by atoms with Gasteiger partial charge in [0.25, 0.3) is 5.91 Å². The van der Waals surface area contributed by atoms with Crippen LogP contribution in [0.4, 0.5) is 5.69 Å². The van der Waals surface area contributed by atoms with Gasteiger partial charge in [-0.2, -0.15) is 0 Å². The van der Waals surface area contributed by atoms with Gasteiger partial charge in [-0.15, -0.1) is 0 Å². The number of rotatable bonds is 8. The predicted octanol–water partition coefficient (Wildman–Crippen LogP) is 2.73. The molecule has 0 atom stereocenters. The van der Waals surface area contributed by atoms with Crippen LogP contribution < -0.4 is 15.4 Å². The van der Waals surface area contributed by atoms with Crippen molar-refractivity contribution in [3.05, 3.63) is 59.1 Å². The molecule has 0 aliphatic heterocycles. The van der Waals surface area contributed by atoms with Gasteiger partial charge >= 0.3 is 5.97 Å². The molecule has 132 valence electrons. The number of ether oxygens (including phenoxy) is 2. The summed E-state index contributed by atoms with van der Waals surface area (Å²) >= 11 is 5.78. The number of esters is 1. The molecule has 25 heavy (non-hydrogen) atoms. The third-order valence-corrected chi connectivity index (χ3v) is 3.51. The average molecular weight is 363 g/mol. The number of hydrogen-bond acceptors (Lipinski definition) is 5. The lowest BCUT2D eigenvalue weighted by Gasteiger charge is -2.10. The molecule has 0 fully saturated rings. The van der Waals surface area contributed by atoms with Gasteiger partial charge < -0.3 is 20.1 Å². The first-order valence-electron chi connectivity index (χ1n) is 7.69. The van der Waals surface area contributed by atoms with E-state index in [1.807, 2.05) is 0 Å².